The lowest BCUT2D eigenvalue weighted by atomic mass is 10.1. The fraction of sp³-hybridized carbons (Fsp3) is 0.412. The second-order valence-electron chi connectivity index (χ2n) is 5.43. The Kier molecular flexibility index (Phi) is 6.63. The van der Waals surface area contributed by atoms with Crippen LogP contribution in [0.15, 0.2) is 30.6 Å². The van der Waals surface area contributed by atoms with Gasteiger partial charge in [-0.05, 0) is 19.9 Å². The van der Waals surface area contributed by atoms with E-state index in [9.17, 15) is 0 Å². The standard InChI is InChI=1S/C17H23ClN4O2/c1-11(2)24-14(12-7-5-6-8-13(12)23-4)9-20-17-15(19-3)16(18)21-10-22-17/h5-8,10-11,14,19H,9H2,1-4H3,(H,20,21,22). The van der Waals surface area contributed by atoms with E-state index in [1.807, 2.05) is 38.1 Å². The second kappa shape index (κ2) is 8.70. The van der Waals surface area contributed by atoms with Crippen molar-refractivity contribution >= 4 is 23.1 Å². The van der Waals surface area contributed by atoms with Crippen molar-refractivity contribution in [1.29, 1.82) is 0 Å². The number of ether oxygens (including phenoxy) is 2. The highest BCUT2D eigenvalue weighted by molar-refractivity contribution is 6.32. The van der Waals surface area contributed by atoms with Crippen LogP contribution in [0, 0.1) is 0 Å². The topological polar surface area (TPSA) is 68.3 Å². The van der Waals surface area contributed by atoms with E-state index in [2.05, 4.69) is 20.6 Å². The molecule has 0 fully saturated rings. The quantitative estimate of drug-likeness (QED) is 0.706. The molecule has 1 heterocycles. The molecule has 0 bridgehead atoms. The summed E-state index contributed by atoms with van der Waals surface area (Å²) in [4.78, 5) is 8.21. The van der Waals surface area contributed by atoms with Gasteiger partial charge in [-0.1, -0.05) is 29.8 Å². The van der Waals surface area contributed by atoms with Gasteiger partial charge in [0.1, 0.15) is 23.9 Å². The van der Waals surface area contributed by atoms with E-state index in [0.29, 0.717) is 23.2 Å². The third-order valence-corrected chi connectivity index (χ3v) is 3.71. The molecule has 130 valence electrons. The lowest BCUT2D eigenvalue weighted by Gasteiger charge is -2.23. The first-order chi connectivity index (χ1) is 11.6. The molecule has 24 heavy (non-hydrogen) atoms. The van der Waals surface area contributed by atoms with Crippen LogP contribution in [0.1, 0.15) is 25.5 Å². The van der Waals surface area contributed by atoms with Crippen LogP contribution in [0.5, 0.6) is 5.75 Å². The van der Waals surface area contributed by atoms with Gasteiger partial charge in [0.05, 0.1) is 13.2 Å². The molecule has 0 radical (unpaired) electrons. The Morgan fingerprint density at radius 3 is 2.62 bits per heavy atom. The summed E-state index contributed by atoms with van der Waals surface area (Å²) in [5.41, 5.74) is 1.63. The van der Waals surface area contributed by atoms with Crippen LogP contribution < -0.4 is 15.4 Å². The molecule has 0 saturated carbocycles. The number of benzene rings is 1. The third kappa shape index (κ3) is 4.49. The molecule has 0 amide bonds. The maximum Gasteiger partial charge on any atom is 0.157 e. The number of rotatable bonds is 8. The minimum atomic E-state index is -0.195. The molecule has 0 aliphatic carbocycles. The smallest absolute Gasteiger partial charge is 0.157 e. The molecule has 2 N–H and O–H groups in total. The zero-order valence-electron chi connectivity index (χ0n) is 14.3. The van der Waals surface area contributed by atoms with E-state index in [1.165, 1.54) is 6.33 Å². The van der Waals surface area contributed by atoms with Crippen LogP contribution in [0.25, 0.3) is 0 Å². The lowest BCUT2D eigenvalue weighted by molar-refractivity contribution is 0.0131. The molecular formula is C17H23ClN4O2. The van der Waals surface area contributed by atoms with Gasteiger partial charge < -0.3 is 20.1 Å². The molecule has 0 aliphatic rings. The summed E-state index contributed by atoms with van der Waals surface area (Å²) in [7, 11) is 3.43. The predicted molar refractivity (Wildman–Crippen MR) is 97.0 cm³/mol. The van der Waals surface area contributed by atoms with E-state index in [0.717, 1.165) is 11.3 Å². The number of nitrogens with one attached hydrogen (secondary N) is 2. The number of hydrogen-bond donors (Lipinski definition) is 2. The predicted octanol–water partition coefficient (Wildman–Crippen LogP) is 3.76. The van der Waals surface area contributed by atoms with Crippen molar-refractivity contribution in [3.63, 3.8) is 0 Å². The van der Waals surface area contributed by atoms with Crippen LogP contribution in [0.2, 0.25) is 5.15 Å². The zero-order valence-corrected chi connectivity index (χ0v) is 15.1. The van der Waals surface area contributed by atoms with Gasteiger partial charge in [0.25, 0.3) is 0 Å². The Hall–Kier alpha value is -2.05. The van der Waals surface area contributed by atoms with Crippen LogP contribution in [-0.2, 0) is 4.74 Å². The van der Waals surface area contributed by atoms with Crippen LogP contribution in [-0.4, -0.2) is 36.8 Å². The number of para-hydroxylation sites is 1. The monoisotopic (exact) mass is 350 g/mol. The summed E-state index contributed by atoms with van der Waals surface area (Å²) in [5, 5.41) is 6.66. The van der Waals surface area contributed by atoms with Crippen molar-refractivity contribution in [2.24, 2.45) is 0 Å². The highest BCUT2D eigenvalue weighted by Gasteiger charge is 2.19. The van der Waals surface area contributed by atoms with E-state index >= 15 is 0 Å². The van der Waals surface area contributed by atoms with Crippen LogP contribution >= 0.6 is 11.6 Å². The Balaban J connectivity index is 2.23. The number of hydrogen-bond acceptors (Lipinski definition) is 6. The lowest BCUT2D eigenvalue weighted by Crippen LogP contribution is -2.21. The molecule has 2 rings (SSSR count). The first-order valence-corrected chi connectivity index (χ1v) is 8.15. The van der Waals surface area contributed by atoms with Gasteiger partial charge in [0.2, 0.25) is 0 Å². The van der Waals surface area contributed by atoms with Crippen molar-refractivity contribution in [3.05, 3.63) is 41.3 Å². The van der Waals surface area contributed by atoms with Gasteiger partial charge >= 0.3 is 0 Å². The average molecular weight is 351 g/mol. The van der Waals surface area contributed by atoms with Gasteiger partial charge in [0, 0.05) is 19.2 Å². The van der Waals surface area contributed by atoms with Gasteiger partial charge in [-0.25, -0.2) is 9.97 Å². The Bertz CT molecular complexity index is 667. The fourth-order valence-corrected chi connectivity index (χ4v) is 2.63. The summed E-state index contributed by atoms with van der Waals surface area (Å²) in [6.45, 7) is 4.52. The normalized spacial score (nSPS) is 12.1. The minimum Gasteiger partial charge on any atom is -0.496 e. The summed E-state index contributed by atoms with van der Waals surface area (Å²) >= 11 is 6.09. The van der Waals surface area contributed by atoms with Crippen molar-refractivity contribution in [1.82, 2.24) is 9.97 Å². The van der Waals surface area contributed by atoms with Gasteiger partial charge in [0.15, 0.2) is 11.0 Å². The SMILES string of the molecule is CNc1c(Cl)ncnc1NCC(OC(C)C)c1ccccc1OC. The average Bonchev–Trinajstić information content (AvgIpc) is 2.58. The molecule has 1 unspecified atom stereocenters. The van der Waals surface area contributed by atoms with Gasteiger partial charge in [-0.2, -0.15) is 0 Å². The molecule has 7 heteroatoms. The molecule has 1 aromatic heterocycles. The number of halogens is 1. The van der Waals surface area contributed by atoms with E-state index in [-0.39, 0.29) is 12.2 Å². The number of nitrogens with zero attached hydrogens (tertiary/aromatic N) is 2. The van der Waals surface area contributed by atoms with Crippen LogP contribution in [0.3, 0.4) is 0 Å². The van der Waals surface area contributed by atoms with E-state index in [4.69, 9.17) is 21.1 Å². The minimum absolute atomic E-state index is 0.0690. The largest absolute Gasteiger partial charge is 0.496 e. The maximum atomic E-state index is 6.09. The summed E-state index contributed by atoms with van der Waals surface area (Å²) in [6.07, 6.45) is 1.30. The fourth-order valence-electron chi connectivity index (χ4n) is 2.40. The van der Waals surface area contributed by atoms with Gasteiger partial charge in [-0.15, -0.1) is 0 Å². The molecular weight excluding hydrogens is 328 g/mol. The van der Waals surface area contributed by atoms with Crippen molar-refractivity contribution in [3.8, 4) is 5.75 Å². The highest BCUT2D eigenvalue weighted by Crippen LogP contribution is 2.30. The Morgan fingerprint density at radius 2 is 1.96 bits per heavy atom. The van der Waals surface area contributed by atoms with Crippen LogP contribution in [0.4, 0.5) is 11.5 Å². The number of anilines is 2. The van der Waals surface area contributed by atoms with Crippen molar-refractivity contribution in [2.45, 2.75) is 26.1 Å². The molecule has 2 aromatic rings. The van der Waals surface area contributed by atoms with E-state index in [1.54, 1.807) is 14.2 Å². The summed E-state index contributed by atoms with van der Waals surface area (Å²) in [6, 6.07) is 7.83. The Morgan fingerprint density at radius 1 is 1.21 bits per heavy atom. The van der Waals surface area contributed by atoms with Crippen molar-refractivity contribution in [2.75, 3.05) is 31.3 Å². The number of aromatic nitrogens is 2. The first-order valence-electron chi connectivity index (χ1n) is 7.77. The first kappa shape index (κ1) is 18.3. The molecule has 1 aromatic carbocycles. The molecule has 1 atom stereocenters. The summed E-state index contributed by atoms with van der Waals surface area (Å²) < 4.78 is 11.5. The van der Waals surface area contributed by atoms with Crippen molar-refractivity contribution < 1.29 is 9.47 Å². The summed E-state index contributed by atoms with van der Waals surface area (Å²) in [5.74, 6) is 1.42. The van der Waals surface area contributed by atoms with Gasteiger partial charge in [-0.3, -0.25) is 0 Å². The zero-order chi connectivity index (χ0) is 17.5. The second-order valence-corrected chi connectivity index (χ2v) is 5.79. The van der Waals surface area contributed by atoms with E-state index < -0.39 is 0 Å². The highest BCUT2D eigenvalue weighted by atomic mass is 35.5. The molecule has 0 aliphatic heterocycles. The third-order valence-electron chi connectivity index (χ3n) is 3.43. The number of methoxy groups -OCH3 is 1. The maximum absolute atomic E-state index is 6.09. The molecule has 0 spiro atoms. The Labute approximate surface area is 147 Å². The molecule has 6 nitrogen and oxygen atoms in total. The molecule has 0 saturated heterocycles.